The van der Waals surface area contributed by atoms with Gasteiger partial charge in [-0.2, -0.15) is 0 Å². The largest absolute Gasteiger partial charge is 0.348 e. The Morgan fingerprint density at radius 1 is 1.23 bits per heavy atom. The lowest BCUT2D eigenvalue weighted by molar-refractivity contribution is 0.777. The summed E-state index contributed by atoms with van der Waals surface area (Å²) in [5.74, 6) is 0. The van der Waals surface area contributed by atoms with Crippen molar-refractivity contribution >= 4 is 0 Å². The van der Waals surface area contributed by atoms with Gasteiger partial charge in [0, 0.05) is 36.4 Å². The molecule has 0 aliphatic carbocycles. The zero-order chi connectivity index (χ0) is 9.10. The monoisotopic (exact) mass is 172 g/mol. The van der Waals surface area contributed by atoms with Gasteiger partial charge in [-0.05, 0) is 31.2 Å². The molecular formula is C11H12N2. The summed E-state index contributed by atoms with van der Waals surface area (Å²) >= 11 is 0. The molecule has 0 saturated heterocycles. The van der Waals surface area contributed by atoms with E-state index in [0.717, 1.165) is 6.54 Å². The number of hydrogen-bond donors (Lipinski definition) is 0. The van der Waals surface area contributed by atoms with Gasteiger partial charge < -0.3 is 4.57 Å². The minimum absolute atomic E-state index is 1.00. The van der Waals surface area contributed by atoms with Crippen LogP contribution in [0.1, 0.15) is 6.92 Å². The van der Waals surface area contributed by atoms with Gasteiger partial charge in [0.25, 0.3) is 0 Å². The van der Waals surface area contributed by atoms with Crippen LogP contribution in [0.4, 0.5) is 0 Å². The van der Waals surface area contributed by atoms with Crippen LogP contribution < -0.4 is 0 Å². The van der Waals surface area contributed by atoms with E-state index in [4.69, 9.17) is 0 Å². The number of aryl methyl sites for hydroxylation is 1. The molecule has 2 heterocycles. The molecule has 0 aliphatic rings. The van der Waals surface area contributed by atoms with Gasteiger partial charge in [-0.1, -0.05) is 0 Å². The van der Waals surface area contributed by atoms with E-state index >= 15 is 0 Å². The van der Waals surface area contributed by atoms with Gasteiger partial charge in [0.1, 0.15) is 0 Å². The first-order valence-corrected chi connectivity index (χ1v) is 4.47. The summed E-state index contributed by atoms with van der Waals surface area (Å²) in [4.78, 5) is 4.00. The molecule has 2 aromatic rings. The molecule has 2 nitrogen and oxygen atoms in total. The fourth-order valence-corrected chi connectivity index (χ4v) is 1.47. The number of rotatable bonds is 2. The Balaban J connectivity index is 2.47. The molecule has 0 amide bonds. The van der Waals surface area contributed by atoms with Gasteiger partial charge in [-0.3, -0.25) is 4.98 Å². The van der Waals surface area contributed by atoms with Crippen molar-refractivity contribution in [2.45, 2.75) is 13.5 Å². The molecule has 0 bridgehead atoms. The van der Waals surface area contributed by atoms with Crippen LogP contribution in [0.15, 0.2) is 42.9 Å². The molecule has 0 saturated carbocycles. The van der Waals surface area contributed by atoms with Gasteiger partial charge in [0.2, 0.25) is 0 Å². The molecule has 2 heteroatoms. The molecule has 0 N–H and O–H groups in total. The van der Waals surface area contributed by atoms with Crippen molar-refractivity contribution in [3.05, 3.63) is 42.9 Å². The maximum absolute atomic E-state index is 4.00. The second kappa shape index (κ2) is 3.44. The molecule has 0 atom stereocenters. The van der Waals surface area contributed by atoms with Gasteiger partial charge in [0.15, 0.2) is 0 Å². The molecule has 13 heavy (non-hydrogen) atoms. The Hall–Kier alpha value is -1.57. The molecule has 0 spiro atoms. The van der Waals surface area contributed by atoms with Crippen LogP contribution >= 0.6 is 0 Å². The Morgan fingerprint density at radius 2 is 2.00 bits per heavy atom. The maximum atomic E-state index is 4.00. The topological polar surface area (TPSA) is 17.8 Å². The summed E-state index contributed by atoms with van der Waals surface area (Å²) < 4.78 is 2.22. The van der Waals surface area contributed by atoms with Crippen molar-refractivity contribution in [3.8, 4) is 11.3 Å². The molecule has 0 radical (unpaired) electrons. The van der Waals surface area contributed by atoms with Crippen LogP contribution in [0, 0.1) is 0 Å². The van der Waals surface area contributed by atoms with Crippen molar-refractivity contribution in [3.63, 3.8) is 0 Å². The van der Waals surface area contributed by atoms with E-state index in [0.29, 0.717) is 0 Å². The van der Waals surface area contributed by atoms with E-state index in [2.05, 4.69) is 34.8 Å². The third-order valence-corrected chi connectivity index (χ3v) is 2.15. The lowest BCUT2D eigenvalue weighted by atomic mass is 10.2. The predicted molar refractivity (Wildman–Crippen MR) is 53.3 cm³/mol. The Morgan fingerprint density at radius 3 is 2.69 bits per heavy atom. The van der Waals surface area contributed by atoms with Crippen LogP contribution in [0.25, 0.3) is 11.3 Å². The summed E-state index contributed by atoms with van der Waals surface area (Å²) in [5, 5.41) is 0. The first-order valence-electron chi connectivity index (χ1n) is 4.47. The SMILES string of the molecule is CCn1cccc1-c1ccncc1. The normalized spacial score (nSPS) is 10.2. The van der Waals surface area contributed by atoms with E-state index in [1.54, 1.807) is 0 Å². The van der Waals surface area contributed by atoms with Crippen LogP contribution in [-0.4, -0.2) is 9.55 Å². The number of pyridine rings is 1. The fraction of sp³-hybridized carbons (Fsp3) is 0.182. The zero-order valence-corrected chi connectivity index (χ0v) is 7.64. The van der Waals surface area contributed by atoms with Crippen molar-refractivity contribution in [1.29, 1.82) is 0 Å². The highest BCUT2D eigenvalue weighted by atomic mass is 15.0. The lowest BCUT2D eigenvalue weighted by Crippen LogP contribution is -1.94. The maximum Gasteiger partial charge on any atom is 0.0481 e. The van der Waals surface area contributed by atoms with E-state index < -0.39 is 0 Å². The summed E-state index contributed by atoms with van der Waals surface area (Å²) in [6.07, 6.45) is 5.74. The van der Waals surface area contributed by atoms with E-state index in [9.17, 15) is 0 Å². The summed E-state index contributed by atoms with van der Waals surface area (Å²) in [5.41, 5.74) is 2.48. The third kappa shape index (κ3) is 1.47. The molecular weight excluding hydrogens is 160 g/mol. The van der Waals surface area contributed by atoms with Crippen molar-refractivity contribution in [2.24, 2.45) is 0 Å². The van der Waals surface area contributed by atoms with E-state index in [-0.39, 0.29) is 0 Å². The van der Waals surface area contributed by atoms with Crippen molar-refractivity contribution < 1.29 is 0 Å². The van der Waals surface area contributed by atoms with Gasteiger partial charge in [0.05, 0.1) is 0 Å². The molecule has 66 valence electrons. The molecule has 0 fully saturated rings. The highest BCUT2D eigenvalue weighted by Gasteiger charge is 2.00. The second-order valence-electron chi connectivity index (χ2n) is 2.92. The average Bonchev–Trinajstić information content (AvgIpc) is 2.67. The van der Waals surface area contributed by atoms with Gasteiger partial charge in [-0.25, -0.2) is 0 Å². The first-order chi connectivity index (χ1) is 6.42. The predicted octanol–water partition coefficient (Wildman–Crippen LogP) is 2.57. The van der Waals surface area contributed by atoms with E-state index in [1.807, 2.05) is 24.5 Å². The summed E-state index contributed by atoms with van der Waals surface area (Å²) in [6.45, 7) is 3.15. The number of hydrogen-bond acceptors (Lipinski definition) is 1. The van der Waals surface area contributed by atoms with Crippen molar-refractivity contribution in [1.82, 2.24) is 9.55 Å². The van der Waals surface area contributed by atoms with Gasteiger partial charge >= 0.3 is 0 Å². The van der Waals surface area contributed by atoms with Crippen LogP contribution in [-0.2, 0) is 6.54 Å². The highest BCUT2D eigenvalue weighted by molar-refractivity contribution is 5.59. The molecule has 0 aliphatic heterocycles. The van der Waals surface area contributed by atoms with Crippen LogP contribution in [0.2, 0.25) is 0 Å². The molecule has 0 unspecified atom stereocenters. The summed E-state index contributed by atoms with van der Waals surface area (Å²) in [6, 6.07) is 8.25. The Kier molecular flexibility index (Phi) is 2.13. The number of aromatic nitrogens is 2. The lowest BCUT2D eigenvalue weighted by Gasteiger charge is -2.05. The quantitative estimate of drug-likeness (QED) is 0.680. The third-order valence-electron chi connectivity index (χ3n) is 2.15. The second-order valence-corrected chi connectivity index (χ2v) is 2.92. The standard InChI is InChI=1S/C11H12N2/c1-2-13-9-3-4-11(13)10-5-7-12-8-6-10/h3-9H,2H2,1H3. The minimum Gasteiger partial charge on any atom is -0.348 e. The smallest absolute Gasteiger partial charge is 0.0481 e. The van der Waals surface area contributed by atoms with Crippen LogP contribution in [0.3, 0.4) is 0 Å². The number of nitrogens with zero attached hydrogens (tertiary/aromatic N) is 2. The Labute approximate surface area is 77.9 Å². The van der Waals surface area contributed by atoms with Crippen molar-refractivity contribution in [2.75, 3.05) is 0 Å². The highest BCUT2D eigenvalue weighted by Crippen LogP contribution is 2.18. The zero-order valence-electron chi connectivity index (χ0n) is 7.64. The van der Waals surface area contributed by atoms with Gasteiger partial charge in [-0.15, -0.1) is 0 Å². The van der Waals surface area contributed by atoms with Crippen LogP contribution in [0.5, 0.6) is 0 Å². The van der Waals surface area contributed by atoms with E-state index in [1.165, 1.54) is 11.3 Å². The first kappa shape index (κ1) is 8.05. The minimum atomic E-state index is 1.00. The average molecular weight is 172 g/mol. The summed E-state index contributed by atoms with van der Waals surface area (Å²) in [7, 11) is 0. The molecule has 0 aromatic carbocycles. The Bertz CT molecular complexity index is 376. The molecule has 2 rings (SSSR count). The fourth-order valence-electron chi connectivity index (χ4n) is 1.47. The molecule has 2 aromatic heterocycles.